The first-order valence-electron chi connectivity index (χ1n) is 6.43. The summed E-state index contributed by atoms with van der Waals surface area (Å²) in [6.45, 7) is 7.46. The van der Waals surface area contributed by atoms with E-state index < -0.39 is 0 Å². The minimum absolute atomic E-state index is 0.0228. The molecule has 0 saturated carbocycles. The van der Waals surface area contributed by atoms with Gasteiger partial charge in [0, 0.05) is 17.6 Å². The van der Waals surface area contributed by atoms with Crippen molar-refractivity contribution in [3.63, 3.8) is 0 Å². The summed E-state index contributed by atoms with van der Waals surface area (Å²) in [5.74, 6) is 0.612. The Hall–Kier alpha value is -1.61. The topological polar surface area (TPSA) is 44.9 Å². The Labute approximate surface area is 107 Å². The second kappa shape index (κ2) is 5.36. The Morgan fingerprint density at radius 3 is 2.50 bits per heavy atom. The molecule has 0 fully saturated rings. The van der Waals surface area contributed by atoms with E-state index >= 15 is 0 Å². The van der Waals surface area contributed by atoms with E-state index in [4.69, 9.17) is 0 Å². The molecule has 1 atom stereocenters. The largest absolute Gasteiger partial charge is 0.328 e. The van der Waals surface area contributed by atoms with Gasteiger partial charge in [-0.3, -0.25) is 4.79 Å². The fourth-order valence-electron chi connectivity index (χ4n) is 2.11. The highest BCUT2D eigenvalue weighted by molar-refractivity contribution is 5.84. The van der Waals surface area contributed by atoms with Gasteiger partial charge in [-0.05, 0) is 36.4 Å². The predicted octanol–water partition coefficient (Wildman–Crippen LogP) is 2.83. The molecule has 0 aliphatic heterocycles. The molecule has 0 spiro atoms. The van der Waals surface area contributed by atoms with E-state index in [2.05, 4.69) is 31.1 Å². The van der Waals surface area contributed by atoms with Gasteiger partial charge in [-0.15, -0.1) is 0 Å². The van der Waals surface area contributed by atoms with Crippen molar-refractivity contribution in [1.29, 1.82) is 0 Å². The maximum Gasteiger partial charge on any atom is 0.255 e. The van der Waals surface area contributed by atoms with Crippen LogP contribution in [-0.4, -0.2) is 11.5 Å². The number of nitrogens with one attached hydrogen (secondary N) is 2. The highest BCUT2D eigenvalue weighted by Crippen LogP contribution is 2.20. The van der Waals surface area contributed by atoms with E-state index in [1.54, 1.807) is 0 Å². The standard InChI is InChI=1S/C15H20N2O/c1-10(2)8-16-11(3)14-9-17-15(18)13-7-5-4-6-12(13)14/h4-7,9-11,16H,8H2,1-3H3,(H,17,18)/t11-/m1/s1. The molecule has 0 saturated heterocycles. The SMILES string of the molecule is CC(C)CN[C@H](C)c1c[nH]c(=O)c2ccccc12. The first-order chi connectivity index (χ1) is 8.59. The zero-order chi connectivity index (χ0) is 13.1. The minimum Gasteiger partial charge on any atom is -0.328 e. The van der Waals surface area contributed by atoms with Crippen LogP contribution in [0.1, 0.15) is 32.4 Å². The molecule has 3 heteroatoms. The van der Waals surface area contributed by atoms with Gasteiger partial charge in [0.15, 0.2) is 0 Å². The van der Waals surface area contributed by atoms with Gasteiger partial charge in [0.05, 0.1) is 0 Å². The van der Waals surface area contributed by atoms with Gasteiger partial charge in [-0.25, -0.2) is 0 Å². The zero-order valence-electron chi connectivity index (χ0n) is 11.2. The molecule has 3 nitrogen and oxygen atoms in total. The van der Waals surface area contributed by atoms with Crippen LogP contribution < -0.4 is 10.9 Å². The van der Waals surface area contributed by atoms with Crippen molar-refractivity contribution in [3.8, 4) is 0 Å². The van der Waals surface area contributed by atoms with Crippen molar-refractivity contribution in [2.45, 2.75) is 26.8 Å². The number of aromatic nitrogens is 1. The molecule has 0 aliphatic rings. The van der Waals surface area contributed by atoms with Crippen LogP contribution in [0.2, 0.25) is 0 Å². The lowest BCUT2D eigenvalue weighted by molar-refractivity contribution is 0.497. The van der Waals surface area contributed by atoms with Crippen molar-refractivity contribution in [2.75, 3.05) is 6.54 Å². The van der Waals surface area contributed by atoms with Crippen LogP contribution in [0.3, 0.4) is 0 Å². The molecule has 2 aromatic rings. The molecular weight excluding hydrogens is 224 g/mol. The Morgan fingerprint density at radius 1 is 1.17 bits per heavy atom. The molecule has 1 aromatic carbocycles. The molecule has 0 amide bonds. The van der Waals surface area contributed by atoms with Gasteiger partial charge < -0.3 is 10.3 Å². The minimum atomic E-state index is -0.0228. The second-order valence-corrected chi connectivity index (χ2v) is 5.14. The molecule has 2 rings (SSSR count). The molecule has 0 aliphatic carbocycles. The summed E-state index contributed by atoms with van der Waals surface area (Å²) in [6, 6.07) is 7.98. The molecule has 96 valence electrons. The van der Waals surface area contributed by atoms with Crippen molar-refractivity contribution in [3.05, 3.63) is 46.4 Å². The van der Waals surface area contributed by atoms with Crippen LogP contribution >= 0.6 is 0 Å². The maximum absolute atomic E-state index is 11.7. The van der Waals surface area contributed by atoms with Gasteiger partial charge in [-0.2, -0.15) is 0 Å². The van der Waals surface area contributed by atoms with Crippen molar-refractivity contribution in [1.82, 2.24) is 10.3 Å². The Balaban J connectivity index is 2.39. The smallest absolute Gasteiger partial charge is 0.255 e. The van der Waals surface area contributed by atoms with Gasteiger partial charge in [-0.1, -0.05) is 32.0 Å². The summed E-state index contributed by atoms with van der Waals surface area (Å²) in [5, 5.41) is 5.28. The summed E-state index contributed by atoms with van der Waals surface area (Å²) in [4.78, 5) is 14.6. The first-order valence-corrected chi connectivity index (χ1v) is 6.43. The molecule has 0 unspecified atom stereocenters. The highest BCUT2D eigenvalue weighted by atomic mass is 16.1. The summed E-state index contributed by atoms with van der Waals surface area (Å²) in [5.41, 5.74) is 1.12. The first kappa shape index (κ1) is 12.8. The molecule has 1 aromatic heterocycles. The number of aromatic amines is 1. The normalized spacial score (nSPS) is 13.1. The number of fused-ring (bicyclic) bond motifs is 1. The molecule has 2 N–H and O–H groups in total. The van der Waals surface area contributed by atoms with E-state index in [0.717, 1.165) is 22.9 Å². The van der Waals surface area contributed by atoms with Crippen LogP contribution in [0.4, 0.5) is 0 Å². The third-order valence-electron chi connectivity index (χ3n) is 3.14. The Bertz CT molecular complexity index is 586. The van der Waals surface area contributed by atoms with E-state index in [1.807, 2.05) is 30.5 Å². The Kier molecular flexibility index (Phi) is 3.82. The fraction of sp³-hybridized carbons (Fsp3) is 0.400. The number of benzene rings is 1. The van der Waals surface area contributed by atoms with Crippen LogP contribution in [0.5, 0.6) is 0 Å². The second-order valence-electron chi connectivity index (χ2n) is 5.14. The summed E-state index contributed by atoms with van der Waals surface area (Å²) >= 11 is 0. The third kappa shape index (κ3) is 2.62. The van der Waals surface area contributed by atoms with Crippen LogP contribution in [0.25, 0.3) is 10.8 Å². The number of H-pyrrole nitrogens is 1. The highest BCUT2D eigenvalue weighted by Gasteiger charge is 2.10. The van der Waals surface area contributed by atoms with Crippen molar-refractivity contribution >= 4 is 10.8 Å². The van der Waals surface area contributed by atoms with E-state index in [9.17, 15) is 4.79 Å². The molecule has 18 heavy (non-hydrogen) atoms. The summed E-state index contributed by atoms with van der Waals surface area (Å²) < 4.78 is 0. The number of rotatable bonds is 4. The number of hydrogen-bond donors (Lipinski definition) is 2. The lowest BCUT2D eigenvalue weighted by Gasteiger charge is -2.17. The lowest BCUT2D eigenvalue weighted by Crippen LogP contribution is -2.24. The third-order valence-corrected chi connectivity index (χ3v) is 3.14. The van der Waals surface area contributed by atoms with Gasteiger partial charge >= 0.3 is 0 Å². The Morgan fingerprint density at radius 2 is 1.83 bits per heavy atom. The molecule has 0 radical (unpaired) electrons. The quantitative estimate of drug-likeness (QED) is 0.868. The average Bonchev–Trinajstić information content (AvgIpc) is 2.37. The predicted molar refractivity (Wildman–Crippen MR) is 75.8 cm³/mol. The number of hydrogen-bond acceptors (Lipinski definition) is 2. The fourth-order valence-corrected chi connectivity index (χ4v) is 2.11. The number of pyridine rings is 1. The lowest BCUT2D eigenvalue weighted by atomic mass is 10.0. The van der Waals surface area contributed by atoms with Crippen LogP contribution in [0.15, 0.2) is 35.3 Å². The van der Waals surface area contributed by atoms with E-state index in [0.29, 0.717) is 5.92 Å². The van der Waals surface area contributed by atoms with Gasteiger partial charge in [0.2, 0.25) is 0 Å². The van der Waals surface area contributed by atoms with Crippen molar-refractivity contribution < 1.29 is 0 Å². The maximum atomic E-state index is 11.7. The van der Waals surface area contributed by atoms with Crippen LogP contribution in [-0.2, 0) is 0 Å². The van der Waals surface area contributed by atoms with E-state index in [-0.39, 0.29) is 11.6 Å². The van der Waals surface area contributed by atoms with Crippen molar-refractivity contribution in [2.24, 2.45) is 5.92 Å². The zero-order valence-corrected chi connectivity index (χ0v) is 11.2. The monoisotopic (exact) mass is 244 g/mol. The van der Waals surface area contributed by atoms with Crippen LogP contribution in [0, 0.1) is 5.92 Å². The summed E-state index contributed by atoms with van der Waals surface area (Å²) in [7, 11) is 0. The van der Waals surface area contributed by atoms with Gasteiger partial charge in [0.25, 0.3) is 5.56 Å². The molecular formula is C15H20N2O. The van der Waals surface area contributed by atoms with E-state index in [1.165, 1.54) is 0 Å². The molecule has 1 heterocycles. The summed E-state index contributed by atoms with van der Waals surface area (Å²) in [6.07, 6.45) is 1.82. The average molecular weight is 244 g/mol. The molecule has 0 bridgehead atoms. The van der Waals surface area contributed by atoms with Gasteiger partial charge in [0.1, 0.15) is 0 Å².